The third-order valence-corrected chi connectivity index (χ3v) is 2.55. The van der Waals surface area contributed by atoms with Gasteiger partial charge in [0, 0.05) is 13.1 Å². The summed E-state index contributed by atoms with van der Waals surface area (Å²) in [4.78, 5) is 15.2. The Labute approximate surface area is 93.2 Å². The minimum absolute atomic E-state index is 0.221. The molecule has 14 heavy (non-hydrogen) atoms. The maximum Gasteiger partial charge on any atom is 0.410 e. The second-order valence-electron chi connectivity index (χ2n) is 4.42. The van der Waals surface area contributed by atoms with Crippen LogP contribution in [0.1, 0.15) is 27.2 Å². The fourth-order valence-corrected chi connectivity index (χ4v) is 1.63. The molecule has 0 spiro atoms. The zero-order valence-corrected chi connectivity index (χ0v) is 10.4. The Kier molecular flexibility index (Phi) is 3.59. The van der Waals surface area contributed by atoms with Gasteiger partial charge in [0.15, 0.2) is 0 Å². The highest BCUT2D eigenvalue weighted by molar-refractivity contribution is 9.11. The van der Waals surface area contributed by atoms with Gasteiger partial charge in [0.05, 0.1) is 0 Å². The normalized spacial score (nSPS) is 20.3. The molecule has 0 radical (unpaired) electrons. The number of amides is 1. The molecule has 0 saturated carbocycles. The molecule has 1 amide bonds. The Morgan fingerprint density at radius 3 is 2.64 bits per heavy atom. The van der Waals surface area contributed by atoms with E-state index in [4.69, 9.17) is 4.74 Å². The molecule has 1 aliphatic rings. The molecule has 1 rings (SSSR count). The van der Waals surface area contributed by atoms with Gasteiger partial charge in [-0.25, -0.2) is 4.79 Å². The van der Waals surface area contributed by atoms with E-state index in [1.807, 2.05) is 25.8 Å². The first-order valence-electron chi connectivity index (χ1n) is 4.68. The summed E-state index contributed by atoms with van der Waals surface area (Å²) >= 11 is 3.27. The zero-order chi connectivity index (χ0) is 10.8. The lowest BCUT2D eigenvalue weighted by Gasteiger charge is -2.23. The average molecular weight is 262 g/mol. The molecule has 1 saturated heterocycles. The third kappa shape index (κ3) is 3.33. The predicted octanol–water partition coefficient (Wildman–Crippen LogP) is 2.91. The quantitative estimate of drug-likeness (QED) is 0.671. The Bertz CT molecular complexity index is 255. The maximum absolute atomic E-state index is 11.6. The summed E-state index contributed by atoms with van der Waals surface area (Å²) < 4.78 is 5.26. The fourth-order valence-electron chi connectivity index (χ4n) is 1.25. The van der Waals surface area contributed by atoms with E-state index in [1.165, 1.54) is 5.57 Å². The first-order chi connectivity index (χ1) is 6.42. The van der Waals surface area contributed by atoms with Crippen molar-refractivity contribution in [3.05, 3.63) is 10.6 Å². The molecule has 0 aromatic heterocycles. The monoisotopic (exact) mass is 261 g/mol. The minimum Gasteiger partial charge on any atom is -0.444 e. The van der Waals surface area contributed by atoms with Crippen molar-refractivity contribution in [2.24, 2.45) is 0 Å². The number of ether oxygens (including phenoxy) is 1. The van der Waals surface area contributed by atoms with E-state index in [0.29, 0.717) is 6.54 Å². The van der Waals surface area contributed by atoms with Crippen molar-refractivity contribution in [3.8, 4) is 0 Å². The number of likely N-dealkylation sites (tertiary alicyclic amines) is 1. The van der Waals surface area contributed by atoms with Crippen molar-refractivity contribution in [3.63, 3.8) is 0 Å². The lowest BCUT2D eigenvalue weighted by atomic mass is 10.2. The van der Waals surface area contributed by atoms with E-state index >= 15 is 0 Å². The van der Waals surface area contributed by atoms with Crippen LogP contribution in [0.2, 0.25) is 0 Å². The van der Waals surface area contributed by atoms with Gasteiger partial charge in [-0.05, 0) is 37.8 Å². The molecule has 0 unspecified atom stereocenters. The third-order valence-electron chi connectivity index (χ3n) is 1.90. The standard InChI is InChI=1S/C10H16BrNO2/c1-10(2,3)14-9(13)12-5-4-8(6-11)7-12/h6H,4-5,7H2,1-3H3/b8-6-. The fraction of sp³-hybridized carbons (Fsp3) is 0.700. The molecular formula is C10H16BrNO2. The molecule has 0 atom stereocenters. The van der Waals surface area contributed by atoms with Crippen molar-refractivity contribution in [1.29, 1.82) is 0 Å². The van der Waals surface area contributed by atoms with Gasteiger partial charge < -0.3 is 9.64 Å². The number of rotatable bonds is 0. The lowest BCUT2D eigenvalue weighted by molar-refractivity contribution is 0.0299. The van der Waals surface area contributed by atoms with Crippen LogP contribution in [0.15, 0.2) is 10.6 Å². The Morgan fingerprint density at radius 2 is 2.21 bits per heavy atom. The SMILES string of the molecule is CC(C)(C)OC(=O)N1CC/C(=C/Br)C1. The van der Waals surface area contributed by atoms with Gasteiger partial charge in [0.25, 0.3) is 0 Å². The van der Waals surface area contributed by atoms with Crippen LogP contribution in [0.3, 0.4) is 0 Å². The summed E-state index contributed by atoms with van der Waals surface area (Å²) in [6, 6.07) is 0. The molecule has 1 aliphatic heterocycles. The van der Waals surface area contributed by atoms with Crippen molar-refractivity contribution >= 4 is 22.0 Å². The smallest absolute Gasteiger partial charge is 0.410 e. The predicted molar refractivity (Wildman–Crippen MR) is 59.4 cm³/mol. The van der Waals surface area contributed by atoms with E-state index in [-0.39, 0.29) is 6.09 Å². The van der Waals surface area contributed by atoms with Gasteiger partial charge in [0.2, 0.25) is 0 Å². The molecule has 1 heterocycles. The van der Waals surface area contributed by atoms with Crippen LogP contribution in [0.25, 0.3) is 0 Å². The van der Waals surface area contributed by atoms with Crippen LogP contribution in [0.4, 0.5) is 4.79 Å². The van der Waals surface area contributed by atoms with E-state index in [0.717, 1.165) is 13.0 Å². The van der Waals surface area contributed by atoms with Gasteiger partial charge in [-0.2, -0.15) is 0 Å². The zero-order valence-electron chi connectivity index (χ0n) is 8.84. The molecule has 0 aliphatic carbocycles. The number of nitrogens with zero attached hydrogens (tertiary/aromatic N) is 1. The van der Waals surface area contributed by atoms with Crippen LogP contribution >= 0.6 is 15.9 Å². The van der Waals surface area contributed by atoms with Crippen LogP contribution in [0.5, 0.6) is 0 Å². The summed E-state index contributed by atoms with van der Waals surface area (Å²) in [7, 11) is 0. The Balaban J connectivity index is 2.48. The summed E-state index contributed by atoms with van der Waals surface area (Å²) in [6.45, 7) is 7.07. The molecular weight excluding hydrogens is 246 g/mol. The van der Waals surface area contributed by atoms with Crippen LogP contribution in [-0.4, -0.2) is 29.7 Å². The number of carbonyl (C=O) groups is 1. The highest BCUT2D eigenvalue weighted by atomic mass is 79.9. The molecule has 0 bridgehead atoms. The molecule has 80 valence electrons. The van der Waals surface area contributed by atoms with Crippen molar-refractivity contribution in [2.45, 2.75) is 32.8 Å². The van der Waals surface area contributed by atoms with Crippen molar-refractivity contribution in [2.75, 3.05) is 13.1 Å². The first kappa shape index (κ1) is 11.6. The summed E-state index contributed by atoms with van der Waals surface area (Å²) in [5, 5.41) is 0. The summed E-state index contributed by atoms with van der Waals surface area (Å²) in [5.74, 6) is 0. The van der Waals surface area contributed by atoms with Crippen LogP contribution < -0.4 is 0 Å². The second-order valence-corrected chi connectivity index (χ2v) is 4.88. The molecule has 3 nitrogen and oxygen atoms in total. The van der Waals surface area contributed by atoms with Crippen LogP contribution in [0, 0.1) is 0 Å². The highest BCUT2D eigenvalue weighted by Gasteiger charge is 2.26. The van der Waals surface area contributed by atoms with E-state index in [2.05, 4.69) is 15.9 Å². The van der Waals surface area contributed by atoms with Crippen LogP contribution in [-0.2, 0) is 4.74 Å². The van der Waals surface area contributed by atoms with E-state index in [9.17, 15) is 4.79 Å². The summed E-state index contributed by atoms with van der Waals surface area (Å²) in [6.07, 6.45) is 0.715. The van der Waals surface area contributed by atoms with Gasteiger partial charge in [-0.3, -0.25) is 0 Å². The topological polar surface area (TPSA) is 29.5 Å². The summed E-state index contributed by atoms with van der Waals surface area (Å²) in [5.41, 5.74) is 0.827. The Hall–Kier alpha value is -0.510. The van der Waals surface area contributed by atoms with Gasteiger partial charge in [0.1, 0.15) is 5.60 Å². The van der Waals surface area contributed by atoms with Gasteiger partial charge in [-0.15, -0.1) is 0 Å². The Morgan fingerprint density at radius 1 is 1.57 bits per heavy atom. The number of halogens is 1. The maximum atomic E-state index is 11.6. The number of carbonyl (C=O) groups excluding carboxylic acids is 1. The highest BCUT2D eigenvalue weighted by Crippen LogP contribution is 2.19. The van der Waals surface area contributed by atoms with E-state index in [1.54, 1.807) is 4.90 Å². The lowest BCUT2D eigenvalue weighted by Crippen LogP contribution is -2.34. The second kappa shape index (κ2) is 4.34. The molecule has 1 fully saturated rings. The number of hydrogen-bond donors (Lipinski definition) is 0. The number of hydrogen-bond acceptors (Lipinski definition) is 2. The first-order valence-corrected chi connectivity index (χ1v) is 5.60. The minimum atomic E-state index is -0.405. The molecule has 4 heteroatoms. The van der Waals surface area contributed by atoms with E-state index < -0.39 is 5.60 Å². The van der Waals surface area contributed by atoms with Gasteiger partial charge in [-0.1, -0.05) is 15.9 Å². The van der Waals surface area contributed by atoms with Crippen molar-refractivity contribution in [1.82, 2.24) is 4.90 Å². The molecule has 0 N–H and O–H groups in total. The average Bonchev–Trinajstić information content (AvgIpc) is 2.48. The van der Waals surface area contributed by atoms with Crippen molar-refractivity contribution < 1.29 is 9.53 Å². The van der Waals surface area contributed by atoms with Gasteiger partial charge >= 0.3 is 6.09 Å². The largest absolute Gasteiger partial charge is 0.444 e. The molecule has 0 aromatic rings. The molecule has 0 aromatic carbocycles.